The SMILES string of the molecule is C=CCCCC(=O)c1ncc(NCc2ccccc2)o1. The number of nitrogens with one attached hydrogen (secondary N) is 1. The molecular weight excluding hydrogens is 252 g/mol. The lowest BCUT2D eigenvalue weighted by Crippen LogP contribution is -1.99. The van der Waals surface area contributed by atoms with E-state index in [0.717, 1.165) is 18.4 Å². The van der Waals surface area contributed by atoms with Crippen LogP contribution in [-0.4, -0.2) is 10.8 Å². The number of aromatic nitrogens is 1. The van der Waals surface area contributed by atoms with Crippen molar-refractivity contribution in [2.45, 2.75) is 25.8 Å². The van der Waals surface area contributed by atoms with Gasteiger partial charge in [-0.3, -0.25) is 4.79 Å². The van der Waals surface area contributed by atoms with Crippen LogP contribution < -0.4 is 5.32 Å². The lowest BCUT2D eigenvalue weighted by atomic mass is 10.2. The minimum atomic E-state index is -0.0698. The molecular formula is C16H18N2O2. The molecule has 2 rings (SSSR count). The van der Waals surface area contributed by atoms with E-state index in [4.69, 9.17) is 4.42 Å². The molecule has 0 spiro atoms. The van der Waals surface area contributed by atoms with Crippen LogP contribution in [0.25, 0.3) is 0 Å². The van der Waals surface area contributed by atoms with Crippen molar-refractivity contribution >= 4 is 11.7 Å². The predicted octanol–water partition coefficient (Wildman–Crippen LogP) is 3.83. The van der Waals surface area contributed by atoms with E-state index in [2.05, 4.69) is 16.9 Å². The molecule has 2 aromatic rings. The van der Waals surface area contributed by atoms with Crippen LogP contribution in [0.4, 0.5) is 5.88 Å². The molecule has 0 aliphatic heterocycles. The van der Waals surface area contributed by atoms with Crippen molar-refractivity contribution < 1.29 is 9.21 Å². The highest BCUT2D eigenvalue weighted by Crippen LogP contribution is 2.14. The Balaban J connectivity index is 1.85. The number of oxazole rings is 1. The smallest absolute Gasteiger partial charge is 0.264 e. The van der Waals surface area contributed by atoms with Gasteiger partial charge in [0.1, 0.15) is 0 Å². The fourth-order valence-corrected chi connectivity index (χ4v) is 1.78. The summed E-state index contributed by atoms with van der Waals surface area (Å²) < 4.78 is 5.40. The molecule has 0 unspecified atom stereocenters. The van der Waals surface area contributed by atoms with Gasteiger partial charge >= 0.3 is 0 Å². The number of benzene rings is 1. The van der Waals surface area contributed by atoms with Gasteiger partial charge in [0.05, 0.1) is 6.20 Å². The summed E-state index contributed by atoms with van der Waals surface area (Å²) in [4.78, 5) is 15.8. The Hall–Kier alpha value is -2.36. The zero-order valence-corrected chi connectivity index (χ0v) is 11.3. The maximum atomic E-state index is 11.8. The van der Waals surface area contributed by atoms with Crippen LogP contribution >= 0.6 is 0 Å². The molecule has 1 heterocycles. The van der Waals surface area contributed by atoms with E-state index in [9.17, 15) is 4.79 Å². The third kappa shape index (κ3) is 4.09. The number of ketones is 1. The van der Waals surface area contributed by atoms with Gasteiger partial charge in [0.2, 0.25) is 11.7 Å². The second kappa shape index (κ2) is 7.28. The van der Waals surface area contributed by atoms with E-state index in [1.807, 2.05) is 30.3 Å². The molecule has 0 bridgehead atoms. The highest BCUT2D eigenvalue weighted by molar-refractivity contribution is 5.91. The number of rotatable bonds is 8. The van der Waals surface area contributed by atoms with E-state index < -0.39 is 0 Å². The van der Waals surface area contributed by atoms with Crippen molar-refractivity contribution in [3.05, 3.63) is 60.6 Å². The first-order valence-electron chi connectivity index (χ1n) is 6.67. The standard InChI is InChI=1S/C16H18N2O2/c1-2-3-5-10-14(19)16-18-12-15(20-16)17-11-13-8-6-4-7-9-13/h2,4,6-9,12,17H,1,3,5,10-11H2. The van der Waals surface area contributed by atoms with Crippen molar-refractivity contribution in [2.75, 3.05) is 5.32 Å². The second-order valence-electron chi connectivity index (χ2n) is 4.47. The largest absolute Gasteiger partial charge is 0.418 e. The topological polar surface area (TPSA) is 55.1 Å². The molecule has 4 nitrogen and oxygen atoms in total. The van der Waals surface area contributed by atoms with Crippen molar-refractivity contribution in [1.82, 2.24) is 4.98 Å². The van der Waals surface area contributed by atoms with Crippen LogP contribution in [0, 0.1) is 0 Å². The number of hydrogen-bond donors (Lipinski definition) is 1. The number of carbonyl (C=O) groups excluding carboxylic acids is 1. The average molecular weight is 270 g/mol. The van der Waals surface area contributed by atoms with Crippen LogP contribution in [-0.2, 0) is 6.54 Å². The average Bonchev–Trinajstić information content (AvgIpc) is 2.95. The number of nitrogens with zero attached hydrogens (tertiary/aromatic N) is 1. The summed E-state index contributed by atoms with van der Waals surface area (Å²) >= 11 is 0. The quantitative estimate of drug-likeness (QED) is 0.450. The molecule has 0 atom stereocenters. The van der Waals surface area contributed by atoms with Crippen LogP contribution in [0.1, 0.15) is 35.5 Å². The molecule has 0 fully saturated rings. The zero-order valence-electron chi connectivity index (χ0n) is 11.3. The first-order valence-corrected chi connectivity index (χ1v) is 6.67. The van der Waals surface area contributed by atoms with Crippen LogP contribution in [0.5, 0.6) is 0 Å². The molecule has 0 amide bonds. The van der Waals surface area contributed by atoms with Crippen LogP contribution in [0.2, 0.25) is 0 Å². The Kier molecular flexibility index (Phi) is 5.12. The fourth-order valence-electron chi connectivity index (χ4n) is 1.78. The number of allylic oxidation sites excluding steroid dienone is 1. The fraction of sp³-hybridized carbons (Fsp3) is 0.250. The van der Waals surface area contributed by atoms with Crippen molar-refractivity contribution in [3.8, 4) is 0 Å². The summed E-state index contributed by atoms with van der Waals surface area (Å²) in [7, 11) is 0. The Bertz CT molecular complexity index is 561. The highest BCUT2D eigenvalue weighted by atomic mass is 16.4. The number of Topliss-reactive ketones (excluding diaryl/α,β-unsaturated/α-hetero) is 1. The Labute approximate surface area is 118 Å². The third-order valence-corrected chi connectivity index (χ3v) is 2.87. The van der Waals surface area contributed by atoms with E-state index >= 15 is 0 Å². The molecule has 0 saturated carbocycles. The molecule has 0 radical (unpaired) electrons. The molecule has 0 aliphatic rings. The maximum absolute atomic E-state index is 11.8. The van der Waals surface area contributed by atoms with E-state index in [1.165, 1.54) is 0 Å². The number of carbonyl (C=O) groups is 1. The lowest BCUT2D eigenvalue weighted by Gasteiger charge is -2.01. The summed E-state index contributed by atoms with van der Waals surface area (Å²) in [5.74, 6) is 0.616. The minimum Gasteiger partial charge on any atom is -0.418 e. The molecule has 0 saturated heterocycles. The molecule has 1 aromatic carbocycles. The Morgan fingerprint density at radius 2 is 2.15 bits per heavy atom. The van der Waals surface area contributed by atoms with Gasteiger partial charge in [-0.2, -0.15) is 0 Å². The summed E-state index contributed by atoms with van der Waals surface area (Å²) in [6.07, 6.45) is 5.38. The van der Waals surface area contributed by atoms with Crippen molar-refractivity contribution in [3.63, 3.8) is 0 Å². The summed E-state index contributed by atoms with van der Waals surface area (Å²) in [5.41, 5.74) is 1.14. The minimum absolute atomic E-state index is 0.0698. The first-order chi connectivity index (χ1) is 9.79. The maximum Gasteiger partial charge on any atom is 0.264 e. The molecule has 4 heteroatoms. The van der Waals surface area contributed by atoms with Crippen molar-refractivity contribution in [2.24, 2.45) is 0 Å². The zero-order chi connectivity index (χ0) is 14.2. The van der Waals surface area contributed by atoms with Gasteiger partial charge in [0.25, 0.3) is 5.89 Å². The van der Waals surface area contributed by atoms with Gasteiger partial charge in [-0.05, 0) is 18.4 Å². The number of unbranched alkanes of at least 4 members (excludes halogenated alkanes) is 1. The molecule has 1 N–H and O–H groups in total. The van der Waals surface area contributed by atoms with Crippen LogP contribution in [0.15, 0.2) is 53.6 Å². The summed E-state index contributed by atoms with van der Waals surface area (Å²) in [6.45, 7) is 4.27. The Morgan fingerprint density at radius 1 is 1.35 bits per heavy atom. The van der Waals surface area contributed by atoms with Gasteiger partial charge in [-0.25, -0.2) is 4.98 Å². The van der Waals surface area contributed by atoms with Gasteiger partial charge < -0.3 is 9.73 Å². The molecule has 20 heavy (non-hydrogen) atoms. The Morgan fingerprint density at radius 3 is 2.90 bits per heavy atom. The van der Waals surface area contributed by atoms with Crippen molar-refractivity contribution in [1.29, 1.82) is 0 Å². The van der Waals surface area contributed by atoms with E-state index in [1.54, 1.807) is 12.3 Å². The normalized spacial score (nSPS) is 10.2. The lowest BCUT2D eigenvalue weighted by molar-refractivity contribution is 0.0947. The predicted molar refractivity (Wildman–Crippen MR) is 78.7 cm³/mol. The van der Waals surface area contributed by atoms with Gasteiger partial charge in [0, 0.05) is 13.0 Å². The second-order valence-corrected chi connectivity index (χ2v) is 4.47. The molecule has 104 valence electrons. The summed E-state index contributed by atoms with van der Waals surface area (Å²) in [5, 5.41) is 3.11. The number of anilines is 1. The monoisotopic (exact) mass is 270 g/mol. The molecule has 0 aliphatic carbocycles. The van der Waals surface area contributed by atoms with E-state index in [-0.39, 0.29) is 11.7 Å². The highest BCUT2D eigenvalue weighted by Gasteiger charge is 2.12. The van der Waals surface area contributed by atoms with Gasteiger partial charge in [-0.15, -0.1) is 6.58 Å². The first kappa shape index (κ1) is 14.1. The number of hydrogen-bond acceptors (Lipinski definition) is 4. The third-order valence-electron chi connectivity index (χ3n) is 2.87. The summed E-state index contributed by atoms with van der Waals surface area (Å²) in [6, 6.07) is 9.96. The van der Waals surface area contributed by atoms with Crippen LogP contribution in [0.3, 0.4) is 0 Å². The van der Waals surface area contributed by atoms with Gasteiger partial charge in [0.15, 0.2) is 0 Å². The molecule has 1 aromatic heterocycles. The van der Waals surface area contributed by atoms with E-state index in [0.29, 0.717) is 18.8 Å². The van der Waals surface area contributed by atoms with Gasteiger partial charge in [-0.1, -0.05) is 36.4 Å².